The Hall–Kier alpha value is -0.0700. The monoisotopic (exact) mass is 464 g/mol. The molecule has 2 aromatic rings. The molecule has 0 aliphatic carbocycles. The number of halogens is 3. The lowest BCUT2D eigenvalue weighted by molar-refractivity contribution is 0.300. The molecule has 0 N–H and O–H groups in total. The minimum Gasteiger partial charge on any atom is -0.487 e. The first-order chi connectivity index (χ1) is 8.15. The van der Waals surface area contributed by atoms with Crippen LogP contribution in [0.25, 0.3) is 11.1 Å². The molecule has 1 heterocycles. The van der Waals surface area contributed by atoms with Crippen molar-refractivity contribution in [1.29, 1.82) is 0 Å². The van der Waals surface area contributed by atoms with Crippen molar-refractivity contribution >= 4 is 54.5 Å². The number of fused-ring (bicyclic) bond motifs is 3. The minimum atomic E-state index is 0.646. The van der Waals surface area contributed by atoms with Gasteiger partial charge in [-0.25, -0.2) is 0 Å². The molecule has 1 aliphatic rings. The lowest BCUT2D eigenvalue weighted by Crippen LogP contribution is -2.06. The van der Waals surface area contributed by atoms with Crippen LogP contribution >= 0.6 is 54.5 Å². The highest BCUT2D eigenvalue weighted by atomic mass is 127. The molecule has 86 valence electrons. The molecule has 0 unspecified atom stereocenters. The summed E-state index contributed by atoms with van der Waals surface area (Å²) in [6.07, 6.45) is 0. The van der Waals surface area contributed by atoms with Crippen molar-refractivity contribution in [1.82, 2.24) is 0 Å². The van der Waals surface area contributed by atoms with Crippen LogP contribution in [0.15, 0.2) is 39.3 Å². The molecule has 3 rings (SSSR count). The van der Waals surface area contributed by atoms with Crippen molar-refractivity contribution < 1.29 is 4.74 Å². The summed E-state index contributed by atoms with van der Waals surface area (Å²) in [7, 11) is 0. The van der Waals surface area contributed by atoms with Crippen LogP contribution in [0.4, 0.5) is 0 Å². The van der Waals surface area contributed by atoms with E-state index in [1.54, 1.807) is 0 Å². The third kappa shape index (κ3) is 2.15. The third-order valence-corrected chi connectivity index (χ3v) is 4.49. The Morgan fingerprint density at radius 1 is 1.00 bits per heavy atom. The Balaban J connectivity index is 2.31. The number of ether oxygens (including phenoxy) is 1. The van der Waals surface area contributed by atoms with Gasteiger partial charge in [0.1, 0.15) is 12.4 Å². The fraction of sp³-hybridized carbons (Fsp3) is 0.0769. The minimum absolute atomic E-state index is 0.646. The van der Waals surface area contributed by atoms with Crippen molar-refractivity contribution in [3.63, 3.8) is 0 Å². The first-order valence-corrected chi connectivity index (χ1v) is 7.72. The van der Waals surface area contributed by atoms with Crippen LogP contribution in [0.5, 0.6) is 5.75 Å². The zero-order chi connectivity index (χ0) is 12.0. The summed E-state index contributed by atoms with van der Waals surface area (Å²) in [6, 6.07) is 10.5. The van der Waals surface area contributed by atoms with Crippen molar-refractivity contribution in [3.8, 4) is 16.9 Å². The normalized spacial score (nSPS) is 12.6. The van der Waals surface area contributed by atoms with Crippen LogP contribution in [-0.4, -0.2) is 0 Å². The van der Waals surface area contributed by atoms with E-state index >= 15 is 0 Å². The molecular weight excluding hydrogens is 459 g/mol. The molecule has 4 heteroatoms. The van der Waals surface area contributed by atoms with Gasteiger partial charge >= 0.3 is 0 Å². The fourth-order valence-corrected chi connectivity index (χ4v) is 4.01. The van der Waals surface area contributed by atoms with Gasteiger partial charge < -0.3 is 4.74 Å². The van der Waals surface area contributed by atoms with E-state index in [1.807, 2.05) is 0 Å². The maximum Gasteiger partial charge on any atom is 0.141 e. The highest BCUT2D eigenvalue weighted by Gasteiger charge is 2.20. The average Bonchev–Trinajstić information content (AvgIpc) is 2.28. The second-order valence-corrected chi connectivity index (χ2v) is 6.85. The van der Waals surface area contributed by atoms with Crippen LogP contribution in [0.2, 0.25) is 0 Å². The lowest BCUT2D eigenvalue weighted by atomic mass is 9.97. The number of rotatable bonds is 0. The van der Waals surface area contributed by atoms with Gasteiger partial charge in [0, 0.05) is 14.5 Å². The molecule has 0 amide bonds. The largest absolute Gasteiger partial charge is 0.487 e. The molecule has 0 spiro atoms. The molecule has 0 fully saturated rings. The summed E-state index contributed by atoms with van der Waals surface area (Å²) in [5.41, 5.74) is 3.64. The second-order valence-electron chi connectivity index (χ2n) is 3.85. The molecule has 0 radical (unpaired) electrons. The van der Waals surface area contributed by atoms with E-state index < -0.39 is 0 Å². The van der Waals surface area contributed by atoms with Crippen molar-refractivity contribution in [2.75, 3.05) is 0 Å². The molecule has 17 heavy (non-hydrogen) atoms. The van der Waals surface area contributed by atoms with E-state index in [2.05, 4.69) is 84.8 Å². The Morgan fingerprint density at radius 3 is 2.59 bits per heavy atom. The summed E-state index contributed by atoms with van der Waals surface area (Å²) in [5.74, 6) is 0.986. The molecule has 1 aliphatic heterocycles. The summed E-state index contributed by atoms with van der Waals surface area (Å²) >= 11 is 9.37. The molecule has 0 atom stereocenters. The molecule has 2 aromatic carbocycles. The fourth-order valence-electron chi connectivity index (χ4n) is 1.98. The Labute approximate surface area is 130 Å². The molecule has 1 nitrogen and oxygen atoms in total. The zero-order valence-corrected chi connectivity index (χ0v) is 14.0. The van der Waals surface area contributed by atoms with E-state index in [0.29, 0.717) is 6.61 Å². The third-order valence-electron chi connectivity index (χ3n) is 2.74. The summed E-state index contributed by atoms with van der Waals surface area (Å²) < 4.78 is 9.15. The number of hydrogen-bond acceptors (Lipinski definition) is 1. The SMILES string of the molecule is Brc1ccc2c(c1)-c1cc(Br)cc(I)c1OC2. The predicted octanol–water partition coefficient (Wildman–Crippen LogP) is 5.38. The highest BCUT2D eigenvalue weighted by molar-refractivity contribution is 14.1. The van der Waals surface area contributed by atoms with Gasteiger partial charge in [-0.05, 0) is 58.0 Å². The quantitative estimate of drug-likeness (QED) is 0.475. The molecular formula is C13H7Br2IO. The van der Waals surface area contributed by atoms with Crippen molar-refractivity contribution in [3.05, 3.63) is 48.4 Å². The van der Waals surface area contributed by atoms with E-state index in [9.17, 15) is 0 Å². The second kappa shape index (κ2) is 4.55. The highest BCUT2D eigenvalue weighted by Crippen LogP contribution is 2.42. The average molecular weight is 466 g/mol. The first kappa shape index (κ1) is 12.0. The van der Waals surface area contributed by atoms with Gasteiger partial charge in [-0.1, -0.05) is 37.9 Å². The number of hydrogen-bond donors (Lipinski definition) is 0. The summed E-state index contributed by atoms with van der Waals surface area (Å²) in [6.45, 7) is 0.646. The molecule has 0 saturated heterocycles. The van der Waals surface area contributed by atoms with E-state index in [-0.39, 0.29) is 0 Å². The molecule has 0 saturated carbocycles. The zero-order valence-electron chi connectivity index (χ0n) is 8.64. The number of benzene rings is 2. The van der Waals surface area contributed by atoms with Gasteiger partial charge in [0.25, 0.3) is 0 Å². The van der Waals surface area contributed by atoms with Crippen molar-refractivity contribution in [2.45, 2.75) is 6.61 Å². The Morgan fingerprint density at radius 2 is 1.76 bits per heavy atom. The predicted molar refractivity (Wildman–Crippen MR) is 84.3 cm³/mol. The van der Waals surface area contributed by atoms with E-state index in [0.717, 1.165) is 23.8 Å². The maximum atomic E-state index is 5.83. The molecule has 0 aromatic heterocycles. The molecule has 0 bridgehead atoms. The van der Waals surface area contributed by atoms with Gasteiger partial charge in [-0.15, -0.1) is 0 Å². The van der Waals surface area contributed by atoms with Crippen LogP contribution < -0.4 is 4.74 Å². The van der Waals surface area contributed by atoms with Crippen LogP contribution in [-0.2, 0) is 6.61 Å². The van der Waals surface area contributed by atoms with Gasteiger partial charge in [-0.2, -0.15) is 0 Å². The summed E-state index contributed by atoms with van der Waals surface area (Å²) in [4.78, 5) is 0. The lowest BCUT2D eigenvalue weighted by Gasteiger charge is -2.22. The van der Waals surface area contributed by atoms with Gasteiger partial charge in [-0.3, -0.25) is 0 Å². The van der Waals surface area contributed by atoms with Crippen LogP contribution in [0, 0.1) is 3.57 Å². The van der Waals surface area contributed by atoms with Crippen LogP contribution in [0.3, 0.4) is 0 Å². The van der Waals surface area contributed by atoms with Gasteiger partial charge in [0.05, 0.1) is 3.57 Å². The van der Waals surface area contributed by atoms with E-state index in [1.165, 1.54) is 11.1 Å². The first-order valence-electron chi connectivity index (χ1n) is 5.06. The Kier molecular flexibility index (Phi) is 3.21. The van der Waals surface area contributed by atoms with Gasteiger partial charge in [0.2, 0.25) is 0 Å². The Bertz CT molecular complexity index is 611. The van der Waals surface area contributed by atoms with E-state index in [4.69, 9.17) is 4.74 Å². The van der Waals surface area contributed by atoms with Crippen molar-refractivity contribution in [2.24, 2.45) is 0 Å². The van der Waals surface area contributed by atoms with Crippen LogP contribution in [0.1, 0.15) is 5.56 Å². The topological polar surface area (TPSA) is 9.23 Å². The van der Waals surface area contributed by atoms with Gasteiger partial charge in [0.15, 0.2) is 0 Å². The standard InChI is InChI=1S/C13H7Br2IO/c14-8-2-1-7-6-17-13-11(10(7)3-8)4-9(15)5-12(13)16/h1-5H,6H2. The summed E-state index contributed by atoms with van der Waals surface area (Å²) in [5, 5.41) is 0. The smallest absolute Gasteiger partial charge is 0.141 e. The maximum absolute atomic E-state index is 5.83.